The van der Waals surface area contributed by atoms with Gasteiger partial charge in [-0.25, -0.2) is 9.78 Å². The smallest absolute Gasteiger partial charge is 0.338 e. The zero-order valence-corrected chi connectivity index (χ0v) is 15.3. The Labute approximate surface area is 150 Å². The van der Waals surface area contributed by atoms with Gasteiger partial charge in [0, 0.05) is 30.1 Å². The molecule has 6 nitrogen and oxygen atoms in total. The highest BCUT2D eigenvalue weighted by molar-refractivity contribution is 7.14. The molecule has 0 bridgehead atoms. The van der Waals surface area contributed by atoms with Gasteiger partial charge in [-0.05, 0) is 31.5 Å². The largest absolute Gasteiger partial charge is 0.489 e. The van der Waals surface area contributed by atoms with Gasteiger partial charge in [0.1, 0.15) is 16.9 Å². The number of benzene rings is 1. The van der Waals surface area contributed by atoms with E-state index in [1.54, 1.807) is 41.6 Å². The molecule has 1 aliphatic heterocycles. The molecule has 1 aromatic carbocycles. The van der Waals surface area contributed by atoms with Crippen LogP contribution in [-0.2, 0) is 9.53 Å². The number of hydrogen-bond acceptors (Lipinski definition) is 6. The molecule has 132 valence electrons. The van der Waals surface area contributed by atoms with E-state index in [9.17, 15) is 9.59 Å². The molecule has 1 unspecified atom stereocenters. The summed E-state index contributed by atoms with van der Waals surface area (Å²) in [7, 11) is 3.12. The number of thiazole rings is 1. The van der Waals surface area contributed by atoms with Gasteiger partial charge in [0.05, 0.1) is 19.2 Å². The van der Waals surface area contributed by atoms with Gasteiger partial charge in [-0.15, -0.1) is 11.3 Å². The zero-order chi connectivity index (χ0) is 18.0. The number of carbonyl (C=O) groups excluding carboxylic acids is 2. The number of hydrogen-bond donors (Lipinski definition) is 0. The van der Waals surface area contributed by atoms with Crippen LogP contribution in [-0.4, -0.2) is 48.6 Å². The van der Waals surface area contributed by atoms with Crippen molar-refractivity contribution in [3.8, 4) is 16.3 Å². The summed E-state index contributed by atoms with van der Waals surface area (Å²) in [6.07, 6.45) is 2.84. The molecular weight excluding hydrogens is 340 g/mol. The molecule has 0 aliphatic carbocycles. The van der Waals surface area contributed by atoms with Crippen molar-refractivity contribution in [2.45, 2.75) is 25.9 Å². The lowest BCUT2D eigenvalue weighted by Gasteiger charge is -2.30. The second kappa shape index (κ2) is 7.23. The number of nitrogens with zero attached hydrogens (tertiary/aromatic N) is 2. The first kappa shape index (κ1) is 17.4. The molecular formula is C18H20N2O4S. The fourth-order valence-corrected chi connectivity index (χ4v) is 3.53. The van der Waals surface area contributed by atoms with Crippen LogP contribution in [0.25, 0.3) is 10.6 Å². The summed E-state index contributed by atoms with van der Waals surface area (Å²) in [5.41, 5.74) is 1.24. The average molecular weight is 360 g/mol. The van der Waals surface area contributed by atoms with E-state index in [0.717, 1.165) is 15.4 Å². The summed E-state index contributed by atoms with van der Waals surface area (Å²) >= 11 is 1.55. The molecule has 0 saturated carbocycles. The van der Waals surface area contributed by atoms with Gasteiger partial charge in [-0.2, -0.15) is 0 Å². The van der Waals surface area contributed by atoms with E-state index in [0.29, 0.717) is 30.7 Å². The molecule has 1 aromatic heterocycles. The van der Waals surface area contributed by atoms with Gasteiger partial charge in [-0.1, -0.05) is 0 Å². The van der Waals surface area contributed by atoms with E-state index in [2.05, 4.69) is 4.98 Å². The third-order valence-electron chi connectivity index (χ3n) is 4.08. The van der Waals surface area contributed by atoms with E-state index >= 15 is 0 Å². The number of methoxy groups -OCH3 is 1. The summed E-state index contributed by atoms with van der Waals surface area (Å²) in [6, 6.07) is 5.31. The highest BCUT2D eigenvalue weighted by Gasteiger charge is 2.24. The standard InChI is InChI=1S/C18H20N2O4S/c1-11-9-19-17(25-11)12-6-13(18(22)23-3)8-15(7-12)24-14-4-5-16(21)20(2)10-14/h6-9,14H,4-5,10H2,1-3H3. The number of amides is 1. The number of likely N-dealkylation sites (N-methyl/N-ethyl adjacent to an activating group) is 1. The maximum atomic E-state index is 12.0. The average Bonchev–Trinajstić information content (AvgIpc) is 3.03. The van der Waals surface area contributed by atoms with Crippen LogP contribution in [0.5, 0.6) is 5.75 Å². The number of aryl methyl sites for hydroxylation is 1. The molecule has 0 spiro atoms. The van der Waals surface area contributed by atoms with E-state index < -0.39 is 5.97 Å². The Kier molecular flexibility index (Phi) is 5.03. The summed E-state index contributed by atoms with van der Waals surface area (Å²) in [5, 5.41) is 0.823. The Hall–Kier alpha value is -2.41. The van der Waals surface area contributed by atoms with Crippen LogP contribution < -0.4 is 4.74 Å². The quantitative estimate of drug-likeness (QED) is 0.784. The summed E-state index contributed by atoms with van der Waals surface area (Å²) in [5.74, 6) is 0.288. The van der Waals surface area contributed by atoms with Gasteiger partial charge in [0.2, 0.25) is 5.91 Å². The topological polar surface area (TPSA) is 68.7 Å². The monoisotopic (exact) mass is 360 g/mol. The van der Waals surface area contributed by atoms with Crippen LogP contribution in [0.4, 0.5) is 0 Å². The Morgan fingerprint density at radius 3 is 2.80 bits per heavy atom. The SMILES string of the molecule is COC(=O)c1cc(OC2CCC(=O)N(C)C2)cc(-c2ncc(C)s2)c1. The number of likely N-dealkylation sites (tertiary alicyclic amines) is 1. The zero-order valence-electron chi connectivity index (χ0n) is 14.4. The summed E-state index contributed by atoms with van der Waals surface area (Å²) in [4.78, 5) is 30.8. The molecule has 1 fully saturated rings. The second-order valence-electron chi connectivity index (χ2n) is 6.07. The Morgan fingerprint density at radius 2 is 2.16 bits per heavy atom. The van der Waals surface area contributed by atoms with Crippen LogP contribution in [0.3, 0.4) is 0 Å². The number of esters is 1. The minimum Gasteiger partial charge on any atom is -0.489 e. The number of piperidine rings is 1. The van der Waals surface area contributed by atoms with E-state index in [1.807, 2.05) is 13.0 Å². The predicted octanol–water partition coefficient (Wildman–Crippen LogP) is 2.90. The molecule has 7 heteroatoms. The third kappa shape index (κ3) is 3.99. The van der Waals surface area contributed by atoms with Crippen molar-refractivity contribution < 1.29 is 19.1 Å². The molecule has 2 aromatic rings. The van der Waals surface area contributed by atoms with E-state index in [-0.39, 0.29) is 12.0 Å². The minimum absolute atomic E-state index is 0.0959. The lowest BCUT2D eigenvalue weighted by Crippen LogP contribution is -2.42. The van der Waals surface area contributed by atoms with Crippen molar-refractivity contribution in [1.29, 1.82) is 0 Å². The molecule has 25 heavy (non-hydrogen) atoms. The van der Waals surface area contributed by atoms with Gasteiger partial charge in [0.15, 0.2) is 0 Å². The molecule has 3 rings (SSSR count). The summed E-state index contributed by atoms with van der Waals surface area (Å²) < 4.78 is 10.9. The predicted molar refractivity (Wildman–Crippen MR) is 94.9 cm³/mol. The first-order valence-corrected chi connectivity index (χ1v) is 8.84. The van der Waals surface area contributed by atoms with E-state index in [1.165, 1.54) is 7.11 Å². The first-order valence-electron chi connectivity index (χ1n) is 8.03. The molecule has 2 heterocycles. The van der Waals surface area contributed by atoms with Crippen molar-refractivity contribution in [3.05, 3.63) is 34.8 Å². The minimum atomic E-state index is -0.420. The van der Waals surface area contributed by atoms with Gasteiger partial charge < -0.3 is 14.4 Å². The van der Waals surface area contributed by atoms with Crippen LogP contribution >= 0.6 is 11.3 Å². The summed E-state index contributed by atoms with van der Waals surface area (Å²) in [6.45, 7) is 2.52. The lowest BCUT2D eigenvalue weighted by atomic mass is 10.1. The van der Waals surface area contributed by atoms with Crippen molar-refractivity contribution in [1.82, 2.24) is 9.88 Å². The van der Waals surface area contributed by atoms with Crippen LogP contribution in [0.2, 0.25) is 0 Å². The maximum Gasteiger partial charge on any atom is 0.338 e. The number of carbonyl (C=O) groups is 2. The van der Waals surface area contributed by atoms with Crippen molar-refractivity contribution in [2.75, 3.05) is 20.7 Å². The Balaban J connectivity index is 1.89. The van der Waals surface area contributed by atoms with Crippen molar-refractivity contribution in [2.24, 2.45) is 0 Å². The Morgan fingerprint density at radius 1 is 1.36 bits per heavy atom. The first-order chi connectivity index (χ1) is 12.0. The highest BCUT2D eigenvalue weighted by Crippen LogP contribution is 2.30. The fourth-order valence-electron chi connectivity index (χ4n) is 2.78. The second-order valence-corrected chi connectivity index (χ2v) is 7.30. The van der Waals surface area contributed by atoms with E-state index in [4.69, 9.17) is 9.47 Å². The van der Waals surface area contributed by atoms with Gasteiger partial charge in [0.25, 0.3) is 0 Å². The number of aromatic nitrogens is 1. The van der Waals surface area contributed by atoms with Crippen molar-refractivity contribution in [3.63, 3.8) is 0 Å². The van der Waals surface area contributed by atoms with Crippen LogP contribution in [0.15, 0.2) is 24.4 Å². The molecule has 0 N–H and O–H groups in total. The molecule has 1 atom stereocenters. The third-order valence-corrected chi connectivity index (χ3v) is 5.04. The number of rotatable bonds is 4. The highest BCUT2D eigenvalue weighted by atomic mass is 32.1. The normalized spacial score (nSPS) is 17.5. The Bertz CT molecular complexity index is 802. The van der Waals surface area contributed by atoms with Crippen molar-refractivity contribution >= 4 is 23.2 Å². The van der Waals surface area contributed by atoms with Crippen LogP contribution in [0.1, 0.15) is 28.1 Å². The molecule has 1 amide bonds. The maximum absolute atomic E-state index is 12.0. The molecule has 1 saturated heterocycles. The van der Waals surface area contributed by atoms with Crippen LogP contribution in [0, 0.1) is 6.92 Å². The van der Waals surface area contributed by atoms with Gasteiger partial charge >= 0.3 is 5.97 Å². The molecule has 1 aliphatic rings. The fraction of sp³-hybridized carbons (Fsp3) is 0.389. The molecule has 0 radical (unpaired) electrons. The number of ether oxygens (including phenoxy) is 2. The van der Waals surface area contributed by atoms with Gasteiger partial charge in [-0.3, -0.25) is 4.79 Å². The lowest BCUT2D eigenvalue weighted by molar-refractivity contribution is -0.134.